The van der Waals surface area contributed by atoms with E-state index in [1.807, 2.05) is 55.3 Å². The SMILES string of the molecule is CCN(C)c1nc(NCc2ccccc2)nc(N)c1N=Cn1cccn1. The Kier molecular flexibility index (Phi) is 5.43. The molecule has 0 aliphatic carbocycles. The third kappa shape index (κ3) is 4.15. The number of aromatic nitrogens is 4. The molecule has 0 spiro atoms. The zero-order chi connectivity index (χ0) is 18.4. The van der Waals surface area contributed by atoms with Gasteiger partial charge in [-0.2, -0.15) is 15.1 Å². The number of anilines is 3. The zero-order valence-corrected chi connectivity index (χ0v) is 14.9. The zero-order valence-electron chi connectivity index (χ0n) is 14.9. The lowest BCUT2D eigenvalue weighted by Crippen LogP contribution is -2.19. The Morgan fingerprint density at radius 3 is 2.73 bits per heavy atom. The van der Waals surface area contributed by atoms with E-state index in [0.717, 1.165) is 12.1 Å². The lowest BCUT2D eigenvalue weighted by molar-refractivity contribution is 0.922. The minimum absolute atomic E-state index is 0.314. The fraction of sp³-hybridized carbons (Fsp3) is 0.222. The number of rotatable bonds is 7. The molecule has 0 saturated carbocycles. The van der Waals surface area contributed by atoms with Crippen molar-refractivity contribution < 1.29 is 0 Å². The predicted octanol–water partition coefficient (Wildman–Crippen LogP) is 2.53. The highest BCUT2D eigenvalue weighted by molar-refractivity contribution is 5.79. The molecule has 0 unspecified atom stereocenters. The molecule has 0 amide bonds. The van der Waals surface area contributed by atoms with Crippen molar-refractivity contribution in [3.8, 4) is 0 Å². The van der Waals surface area contributed by atoms with E-state index in [1.165, 1.54) is 0 Å². The van der Waals surface area contributed by atoms with Gasteiger partial charge in [0.15, 0.2) is 11.6 Å². The molecule has 0 bridgehead atoms. The first-order chi connectivity index (χ1) is 12.7. The van der Waals surface area contributed by atoms with E-state index in [9.17, 15) is 0 Å². The number of hydrogen-bond donors (Lipinski definition) is 2. The van der Waals surface area contributed by atoms with Crippen LogP contribution in [0, 0.1) is 0 Å². The summed E-state index contributed by atoms with van der Waals surface area (Å²) in [7, 11) is 1.94. The van der Waals surface area contributed by atoms with Gasteiger partial charge < -0.3 is 16.0 Å². The maximum atomic E-state index is 6.16. The van der Waals surface area contributed by atoms with Crippen LogP contribution in [0.2, 0.25) is 0 Å². The molecule has 3 aromatic rings. The molecule has 0 saturated heterocycles. The number of nitrogens with zero attached hydrogens (tertiary/aromatic N) is 6. The molecule has 0 atom stereocenters. The van der Waals surface area contributed by atoms with Gasteiger partial charge >= 0.3 is 0 Å². The Bertz CT molecular complexity index is 858. The third-order valence-corrected chi connectivity index (χ3v) is 3.85. The van der Waals surface area contributed by atoms with Crippen LogP contribution in [0.5, 0.6) is 0 Å². The van der Waals surface area contributed by atoms with Crippen LogP contribution < -0.4 is 16.0 Å². The molecular formula is C18H22N8. The largest absolute Gasteiger partial charge is 0.382 e. The van der Waals surface area contributed by atoms with E-state index in [4.69, 9.17) is 5.73 Å². The number of nitrogens with two attached hydrogens (primary N) is 1. The van der Waals surface area contributed by atoms with Gasteiger partial charge in [-0.1, -0.05) is 30.3 Å². The van der Waals surface area contributed by atoms with Gasteiger partial charge in [0.25, 0.3) is 0 Å². The van der Waals surface area contributed by atoms with Crippen LogP contribution in [0.15, 0.2) is 53.8 Å². The number of nitrogen functional groups attached to an aromatic ring is 1. The lowest BCUT2D eigenvalue weighted by Gasteiger charge is -2.19. The van der Waals surface area contributed by atoms with Crippen molar-refractivity contribution >= 4 is 29.6 Å². The van der Waals surface area contributed by atoms with Crippen molar-refractivity contribution in [2.45, 2.75) is 13.5 Å². The fourth-order valence-corrected chi connectivity index (χ4v) is 2.32. The Hall–Kier alpha value is -3.42. The van der Waals surface area contributed by atoms with E-state index >= 15 is 0 Å². The topological polar surface area (TPSA) is 97.3 Å². The van der Waals surface area contributed by atoms with Crippen molar-refractivity contribution in [3.05, 3.63) is 54.4 Å². The highest BCUT2D eigenvalue weighted by Crippen LogP contribution is 2.32. The molecule has 134 valence electrons. The minimum Gasteiger partial charge on any atom is -0.382 e. The smallest absolute Gasteiger partial charge is 0.227 e. The maximum Gasteiger partial charge on any atom is 0.227 e. The third-order valence-electron chi connectivity index (χ3n) is 3.85. The molecule has 1 aromatic carbocycles. The van der Waals surface area contributed by atoms with Crippen LogP contribution in [-0.4, -0.2) is 39.7 Å². The first-order valence-electron chi connectivity index (χ1n) is 8.37. The van der Waals surface area contributed by atoms with Crippen LogP contribution >= 0.6 is 0 Å². The highest BCUT2D eigenvalue weighted by atomic mass is 15.3. The summed E-state index contributed by atoms with van der Waals surface area (Å²) in [6.45, 7) is 3.42. The number of hydrogen-bond acceptors (Lipinski definition) is 7. The van der Waals surface area contributed by atoms with Crippen LogP contribution in [0.1, 0.15) is 12.5 Å². The van der Waals surface area contributed by atoms with Gasteiger partial charge in [0.05, 0.1) is 0 Å². The van der Waals surface area contributed by atoms with Gasteiger partial charge in [-0.15, -0.1) is 0 Å². The van der Waals surface area contributed by atoms with Crippen LogP contribution in [-0.2, 0) is 6.54 Å². The fourth-order valence-electron chi connectivity index (χ4n) is 2.32. The lowest BCUT2D eigenvalue weighted by atomic mass is 10.2. The number of nitrogens with one attached hydrogen (secondary N) is 1. The monoisotopic (exact) mass is 350 g/mol. The molecule has 0 fully saturated rings. The Morgan fingerprint density at radius 1 is 1.23 bits per heavy atom. The maximum absolute atomic E-state index is 6.16. The first kappa shape index (κ1) is 17.4. The van der Waals surface area contributed by atoms with Gasteiger partial charge in [-0.05, 0) is 18.6 Å². The normalized spacial score (nSPS) is 11.0. The predicted molar refractivity (Wildman–Crippen MR) is 105 cm³/mol. The second-order valence-corrected chi connectivity index (χ2v) is 5.69. The summed E-state index contributed by atoms with van der Waals surface area (Å²) in [5, 5.41) is 7.32. The summed E-state index contributed by atoms with van der Waals surface area (Å²) in [6.07, 6.45) is 5.06. The van der Waals surface area contributed by atoms with Gasteiger partial charge in [-0.25, -0.2) is 9.67 Å². The molecular weight excluding hydrogens is 328 g/mol. The van der Waals surface area contributed by atoms with E-state index in [-0.39, 0.29) is 0 Å². The summed E-state index contributed by atoms with van der Waals surface area (Å²) in [4.78, 5) is 15.4. The Balaban J connectivity index is 1.87. The highest BCUT2D eigenvalue weighted by Gasteiger charge is 2.14. The molecule has 0 radical (unpaired) electrons. The van der Waals surface area contributed by atoms with E-state index in [2.05, 4.69) is 25.4 Å². The summed E-state index contributed by atoms with van der Waals surface area (Å²) < 4.78 is 1.59. The van der Waals surface area contributed by atoms with Gasteiger partial charge in [0.2, 0.25) is 5.95 Å². The van der Waals surface area contributed by atoms with Crippen molar-refractivity contribution in [1.29, 1.82) is 0 Å². The quantitative estimate of drug-likeness (QED) is 0.502. The summed E-state index contributed by atoms with van der Waals surface area (Å²) in [6, 6.07) is 11.9. The van der Waals surface area contributed by atoms with E-state index in [0.29, 0.717) is 29.8 Å². The molecule has 0 aliphatic rings. The van der Waals surface area contributed by atoms with Gasteiger partial charge in [0, 0.05) is 32.5 Å². The molecule has 26 heavy (non-hydrogen) atoms. The van der Waals surface area contributed by atoms with Crippen molar-refractivity contribution in [3.63, 3.8) is 0 Å². The summed E-state index contributed by atoms with van der Waals surface area (Å²) in [5.74, 6) is 1.45. The van der Waals surface area contributed by atoms with Crippen molar-refractivity contribution in [1.82, 2.24) is 19.7 Å². The van der Waals surface area contributed by atoms with Gasteiger partial charge in [0.1, 0.15) is 12.0 Å². The first-order valence-corrected chi connectivity index (χ1v) is 8.37. The van der Waals surface area contributed by atoms with E-state index in [1.54, 1.807) is 23.4 Å². The van der Waals surface area contributed by atoms with Crippen LogP contribution in [0.4, 0.5) is 23.3 Å². The average molecular weight is 350 g/mol. The standard InChI is InChI=1S/C18H22N8/c1-3-25(2)17-15(21-13-26-11-7-10-22-26)16(19)23-18(24-17)20-12-14-8-5-4-6-9-14/h4-11,13H,3,12H2,1-2H3,(H3,19,20,23,24). The Labute approximate surface area is 152 Å². The Morgan fingerprint density at radius 2 is 2.04 bits per heavy atom. The molecule has 0 aliphatic heterocycles. The minimum atomic E-state index is 0.314. The molecule has 3 N–H and O–H groups in total. The van der Waals surface area contributed by atoms with Gasteiger partial charge in [-0.3, -0.25) is 0 Å². The van der Waals surface area contributed by atoms with E-state index < -0.39 is 0 Å². The summed E-state index contributed by atoms with van der Waals surface area (Å²) in [5.41, 5.74) is 7.82. The van der Waals surface area contributed by atoms with Crippen LogP contribution in [0.3, 0.4) is 0 Å². The summed E-state index contributed by atoms with van der Waals surface area (Å²) >= 11 is 0. The van der Waals surface area contributed by atoms with Crippen molar-refractivity contribution in [2.75, 3.05) is 29.5 Å². The molecule has 2 aromatic heterocycles. The second kappa shape index (κ2) is 8.11. The molecule has 2 heterocycles. The number of benzene rings is 1. The van der Waals surface area contributed by atoms with Crippen LogP contribution in [0.25, 0.3) is 0 Å². The second-order valence-electron chi connectivity index (χ2n) is 5.69. The molecule has 3 rings (SSSR count). The van der Waals surface area contributed by atoms with Crippen molar-refractivity contribution in [2.24, 2.45) is 4.99 Å². The average Bonchev–Trinajstić information content (AvgIpc) is 3.19. The molecule has 8 heteroatoms. The number of aliphatic imine (C=N–C) groups is 1. The molecule has 8 nitrogen and oxygen atoms in total.